The zero-order chi connectivity index (χ0) is 19.8. The van der Waals surface area contributed by atoms with Crippen molar-refractivity contribution >= 4 is 16.9 Å². The molecule has 2 aliphatic rings. The lowest BCUT2D eigenvalue weighted by molar-refractivity contribution is -0.133. The van der Waals surface area contributed by atoms with E-state index < -0.39 is 0 Å². The summed E-state index contributed by atoms with van der Waals surface area (Å²) in [7, 11) is 0. The summed E-state index contributed by atoms with van der Waals surface area (Å²) >= 11 is 0. The fourth-order valence-corrected chi connectivity index (χ4v) is 5.48. The molecule has 2 N–H and O–H groups in total. The zero-order valence-electron chi connectivity index (χ0n) is 16.8. The van der Waals surface area contributed by atoms with Crippen LogP contribution in [0.2, 0.25) is 0 Å². The van der Waals surface area contributed by atoms with Crippen molar-refractivity contribution in [3.8, 4) is 0 Å². The maximum atomic E-state index is 13.3. The van der Waals surface area contributed by atoms with Gasteiger partial charge in [-0.05, 0) is 43.9 Å². The molecule has 2 aliphatic heterocycles. The van der Waals surface area contributed by atoms with Gasteiger partial charge < -0.3 is 10.3 Å². The van der Waals surface area contributed by atoms with Crippen molar-refractivity contribution in [2.45, 2.75) is 57.8 Å². The van der Waals surface area contributed by atoms with Crippen LogP contribution < -0.4 is 5.32 Å². The fourth-order valence-electron chi connectivity index (χ4n) is 5.48. The van der Waals surface area contributed by atoms with Crippen LogP contribution in [0.4, 0.5) is 0 Å². The lowest BCUT2D eigenvalue weighted by Gasteiger charge is -2.35. The van der Waals surface area contributed by atoms with Gasteiger partial charge in [0.05, 0.1) is 29.5 Å². The van der Waals surface area contributed by atoms with Crippen LogP contribution >= 0.6 is 0 Å². The highest BCUT2D eigenvalue weighted by Crippen LogP contribution is 2.52. The summed E-state index contributed by atoms with van der Waals surface area (Å²) < 4.78 is 1.85. The number of benzene rings is 1. The Hall–Kier alpha value is -2.67. The van der Waals surface area contributed by atoms with Gasteiger partial charge in [-0.15, -0.1) is 0 Å². The van der Waals surface area contributed by atoms with Crippen LogP contribution in [0.15, 0.2) is 42.7 Å². The van der Waals surface area contributed by atoms with Crippen molar-refractivity contribution in [3.05, 3.63) is 48.5 Å². The van der Waals surface area contributed by atoms with Crippen molar-refractivity contribution < 1.29 is 4.79 Å². The Kier molecular flexibility index (Phi) is 4.62. The molecule has 7 nitrogen and oxygen atoms in total. The minimum absolute atomic E-state index is 0.203. The van der Waals surface area contributed by atoms with Gasteiger partial charge in [-0.2, -0.15) is 5.10 Å². The van der Waals surface area contributed by atoms with Crippen molar-refractivity contribution in [1.29, 1.82) is 0 Å². The number of nitrogens with one attached hydrogen (secondary N) is 2. The van der Waals surface area contributed by atoms with E-state index in [0.29, 0.717) is 19.1 Å². The number of H-pyrrole nitrogens is 1. The van der Waals surface area contributed by atoms with Crippen LogP contribution in [0.3, 0.4) is 0 Å². The first kappa shape index (κ1) is 18.4. The minimum atomic E-state index is -0.293. The number of hydrogen-bond donors (Lipinski definition) is 2. The summed E-state index contributed by atoms with van der Waals surface area (Å²) in [6.45, 7) is 4.26. The first-order valence-electron chi connectivity index (χ1n) is 10.6. The van der Waals surface area contributed by atoms with E-state index in [-0.39, 0.29) is 17.4 Å². The number of fused-ring (bicyclic) bond motifs is 3. The molecule has 7 heteroatoms. The van der Waals surface area contributed by atoms with Crippen molar-refractivity contribution in [2.24, 2.45) is 5.41 Å². The van der Waals surface area contributed by atoms with Gasteiger partial charge in [0, 0.05) is 31.0 Å². The van der Waals surface area contributed by atoms with Gasteiger partial charge in [0.2, 0.25) is 5.91 Å². The molecule has 3 atom stereocenters. The summed E-state index contributed by atoms with van der Waals surface area (Å²) in [6.07, 6.45) is 7.77. The van der Waals surface area contributed by atoms with E-state index >= 15 is 0 Å². The Morgan fingerprint density at radius 3 is 3.00 bits per heavy atom. The van der Waals surface area contributed by atoms with Gasteiger partial charge in [-0.1, -0.05) is 19.1 Å². The Labute approximate surface area is 170 Å². The van der Waals surface area contributed by atoms with Gasteiger partial charge in [-0.3, -0.25) is 14.4 Å². The third kappa shape index (κ3) is 3.13. The number of imidazole rings is 1. The van der Waals surface area contributed by atoms with E-state index in [0.717, 1.165) is 42.7 Å². The van der Waals surface area contributed by atoms with Crippen molar-refractivity contribution in [3.63, 3.8) is 0 Å². The molecular formula is C22H28N6O. The number of carbonyl (C=O) groups excluding carboxylic acids is 1. The first-order chi connectivity index (χ1) is 14.2. The molecular weight excluding hydrogens is 364 g/mol. The average Bonchev–Trinajstić information content (AvgIpc) is 3.51. The molecule has 2 saturated heterocycles. The summed E-state index contributed by atoms with van der Waals surface area (Å²) in [6, 6.07) is 10.8. The predicted octanol–water partition coefficient (Wildman–Crippen LogP) is 2.71. The van der Waals surface area contributed by atoms with E-state index in [1.165, 1.54) is 6.42 Å². The molecule has 4 heterocycles. The van der Waals surface area contributed by atoms with E-state index in [1.807, 2.05) is 35.1 Å². The second kappa shape index (κ2) is 7.30. The quantitative estimate of drug-likeness (QED) is 0.648. The molecule has 0 aliphatic carbocycles. The minimum Gasteiger partial charge on any atom is -0.354 e. The topological polar surface area (TPSA) is 78.8 Å². The molecule has 2 aromatic heterocycles. The van der Waals surface area contributed by atoms with Crippen molar-refractivity contribution in [1.82, 2.24) is 30.0 Å². The third-order valence-corrected chi connectivity index (χ3v) is 6.92. The van der Waals surface area contributed by atoms with Crippen LogP contribution in [-0.2, 0) is 17.9 Å². The number of aromatic nitrogens is 4. The van der Waals surface area contributed by atoms with Crippen LogP contribution in [0.5, 0.6) is 0 Å². The number of aromatic amines is 1. The van der Waals surface area contributed by atoms with Gasteiger partial charge in [0.25, 0.3) is 0 Å². The van der Waals surface area contributed by atoms with Crippen molar-refractivity contribution in [2.75, 3.05) is 6.54 Å². The van der Waals surface area contributed by atoms with E-state index in [9.17, 15) is 4.79 Å². The molecule has 1 aromatic carbocycles. The molecule has 0 saturated carbocycles. The molecule has 3 aromatic rings. The Morgan fingerprint density at radius 1 is 1.31 bits per heavy atom. The lowest BCUT2D eigenvalue weighted by Crippen LogP contribution is -2.49. The Balaban J connectivity index is 1.29. The summed E-state index contributed by atoms with van der Waals surface area (Å²) in [5.41, 5.74) is 1.79. The number of rotatable bonds is 7. The normalized spacial score (nSPS) is 26.4. The number of para-hydroxylation sites is 2. The SMILES string of the molecule is CC[C@@]1(C(=O)NCCn2cccn2)C[C@@H]2CC[C@H]1N2Cc1nc2ccccc2[nH]1. The standard InChI is InChI=1S/C22H28N6O/c1-2-22(21(29)23-11-13-27-12-5-10-24-27)14-16-8-9-19(22)28(16)15-20-25-17-6-3-4-7-18(17)26-20/h3-7,10,12,16,19H,2,8-9,11,13-15H2,1H3,(H,23,29)(H,25,26)/t16-,19+,22+/m0/s1. The molecule has 0 radical (unpaired) electrons. The summed E-state index contributed by atoms with van der Waals surface area (Å²) in [5.74, 6) is 1.20. The maximum absolute atomic E-state index is 13.3. The first-order valence-corrected chi connectivity index (χ1v) is 10.6. The van der Waals surface area contributed by atoms with Gasteiger partial charge >= 0.3 is 0 Å². The highest BCUT2D eigenvalue weighted by Gasteiger charge is 2.58. The largest absolute Gasteiger partial charge is 0.354 e. The number of nitrogens with zero attached hydrogens (tertiary/aromatic N) is 4. The lowest BCUT2D eigenvalue weighted by atomic mass is 9.71. The second-order valence-corrected chi connectivity index (χ2v) is 8.36. The molecule has 152 valence electrons. The monoisotopic (exact) mass is 392 g/mol. The fraction of sp³-hybridized carbons (Fsp3) is 0.500. The maximum Gasteiger partial charge on any atom is 0.227 e. The zero-order valence-corrected chi connectivity index (χ0v) is 16.8. The highest BCUT2D eigenvalue weighted by molar-refractivity contribution is 5.84. The Bertz CT molecular complexity index is 963. The summed E-state index contributed by atoms with van der Waals surface area (Å²) in [4.78, 5) is 24.0. The van der Waals surface area contributed by atoms with Gasteiger partial charge in [0.1, 0.15) is 5.82 Å². The third-order valence-electron chi connectivity index (χ3n) is 6.92. The molecule has 5 rings (SSSR count). The molecule has 1 amide bonds. The highest BCUT2D eigenvalue weighted by atomic mass is 16.2. The number of hydrogen-bond acceptors (Lipinski definition) is 4. The van der Waals surface area contributed by atoms with Gasteiger partial charge in [0.15, 0.2) is 0 Å². The molecule has 2 fully saturated rings. The number of amides is 1. The molecule has 0 unspecified atom stereocenters. The smallest absolute Gasteiger partial charge is 0.227 e. The second-order valence-electron chi connectivity index (χ2n) is 8.36. The van der Waals surface area contributed by atoms with E-state index in [2.05, 4.69) is 33.3 Å². The van der Waals surface area contributed by atoms with E-state index in [1.54, 1.807) is 6.20 Å². The van der Waals surface area contributed by atoms with E-state index in [4.69, 9.17) is 4.98 Å². The summed E-state index contributed by atoms with van der Waals surface area (Å²) in [5, 5.41) is 7.41. The van der Waals surface area contributed by atoms with Crippen LogP contribution in [0.1, 0.15) is 38.4 Å². The molecule has 0 spiro atoms. The predicted molar refractivity (Wildman–Crippen MR) is 111 cm³/mol. The average molecular weight is 393 g/mol. The Morgan fingerprint density at radius 2 is 2.21 bits per heavy atom. The van der Waals surface area contributed by atoms with Crippen LogP contribution in [0.25, 0.3) is 11.0 Å². The number of carbonyl (C=O) groups is 1. The molecule has 29 heavy (non-hydrogen) atoms. The van der Waals surface area contributed by atoms with Crippen LogP contribution in [0, 0.1) is 5.41 Å². The molecule has 2 bridgehead atoms. The van der Waals surface area contributed by atoms with Gasteiger partial charge in [-0.25, -0.2) is 4.98 Å². The van der Waals surface area contributed by atoms with Crippen LogP contribution in [-0.4, -0.2) is 49.2 Å².